The summed E-state index contributed by atoms with van der Waals surface area (Å²) < 4.78 is 5.96. The number of nitrogens with one attached hydrogen (secondary N) is 1. The smallest absolute Gasteiger partial charge is 0.266 e. The summed E-state index contributed by atoms with van der Waals surface area (Å²) in [4.78, 5) is 15.0. The van der Waals surface area contributed by atoms with Gasteiger partial charge in [-0.1, -0.05) is 0 Å². The monoisotopic (exact) mass is 493 g/mol. The van der Waals surface area contributed by atoms with Crippen LogP contribution in [0, 0.1) is 0 Å². The number of phenolic OH excluding ortho intramolecular Hbond substituents is 9. The molecule has 0 spiro atoms. The van der Waals surface area contributed by atoms with E-state index < -0.39 is 85.6 Å². The third-order valence-corrected chi connectivity index (χ3v) is 7.00. The van der Waals surface area contributed by atoms with E-state index in [1.807, 2.05) is 0 Å². The molecule has 0 saturated carbocycles. The molecule has 1 aromatic heterocycles. The van der Waals surface area contributed by atoms with Crippen LogP contribution in [0.5, 0.6) is 51.7 Å². The van der Waals surface area contributed by atoms with E-state index in [2.05, 4.69) is 4.98 Å². The third-order valence-electron chi connectivity index (χ3n) is 7.00. The van der Waals surface area contributed by atoms with Gasteiger partial charge < -0.3 is 55.7 Å². The Morgan fingerprint density at radius 2 is 1.19 bits per heavy atom. The van der Waals surface area contributed by atoms with E-state index in [1.54, 1.807) is 0 Å². The van der Waals surface area contributed by atoms with Crippen molar-refractivity contribution >= 4 is 35.0 Å². The second-order valence-corrected chi connectivity index (χ2v) is 8.77. The number of phenols is 9. The van der Waals surface area contributed by atoms with Gasteiger partial charge in [0.25, 0.3) is 5.43 Å². The van der Waals surface area contributed by atoms with Crippen LogP contribution in [0.15, 0.2) is 4.79 Å². The minimum atomic E-state index is -1.40. The number of pyridine rings is 1. The van der Waals surface area contributed by atoms with Crippen LogP contribution >= 0.6 is 0 Å². The summed E-state index contributed by atoms with van der Waals surface area (Å²) in [6.07, 6.45) is -0.235. The Labute approximate surface area is 200 Å². The van der Waals surface area contributed by atoms with E-state index in [-0.39, 0.29) is 22.2 Å². The lowest BCUT2D eigenvalue weighted by Crippen LogP contribution is -2.13. The van der Waals surface area contributed by atoms with Crippen molar-refractivity contribution in [3.05, 3.63) is 21.4 Å². The quantitative estimate of drug-likeness (QED) is 0.0789. The molecule has 3 aromatic carbocycles. The van der Waals surface area contributed by atoms with Crippen LogP contribution in [0.2, 0.25) is 0 Å². The normalized spacial score (nSPS) is 18.3. The lowest BCUT2D eigenvalue weighted by atomic mass is 9.80. The summed E-state index contributed by atoms with van der Waals surface area (Å²) in [5, 5.41) is 92.6. The highest BCUT2D eigenvalue weighted by atomic mass is 16.5. The van der Waals surface area contributed by atoms with Gasteiger partial charge >= 0.3 is 0 Å². The van der Waals surface area contributed by atoms with Crippen LogP contribution in [0.1, 0.15) is 36.2 Å². The number of aromatic nitrogens is 1. The molecule has 4 aromatic rings. The van der Waals surface area contributed by atoms with E-state index in [0.29, 0.717) is 24.0 Å². The van der Waals surface area contributed by atoms with Crippen LogP contribution < -0.4 is 10.9 Å². The van der Waals surface area contributed by atoms with E-state index >= 15 is 0 Å². The first-order chi connectivity index (χ1) is 17.0. The molecule has 3 heterocycles. The van der Waals surface area contributed by atoms with Gasteiger partial charge in [-0.2, -0.15) is 0 Å². The maximum absolute atomic E-state index is 12.2. The number of benzene rings is 3. The van der Waals surface area contributed by atoms with Crippen molar-refractivity contribution in [2.75, 3.05) is 0 Å². The number of hydrogen-bond acceptors (Lipinski definition) is 11. The molecule has 36 heavy (non-hydrogen) atoms. The van der Waals surface area contributed by atoms with E-state index in [0.717, 1.165) is 0 Å². The van der Waals surface area contributed by atoms with Gasteiger partial charge in [-0.3, -0.25) is 4.79 Å². The van der Waals surface area contributed by atoms with Crippen molar-refractivity contribution in [3.8, 4) is 63.0 Å². The topological polar surface area (TPSA) is 224 Å². The average molecular weight is 493 g/mol. The first-order valence-corrected chi connectivity index (χ1v) is 10.6. The molecule has 1 fully saturated rings. The predicted molar refractivity (Wildman–Crippen MR) is 124 cm³/mol. The molecule has 2 aliphatic rings. The standard InChI is InChI=1S/C23H16BNO11/c24-11-10(18(30)22(34)23(35)19(11)31)12-6-4-2-1-3(36-4)5(6)7-13(25-12)8-9(16(28)14(7)26)17(29)21(33)20(32)15(8)27/h3-4,25-32,34-35H,1-2H2. The summed E-state index contributed by atoms with van der Waals surface area (Å²) >= 11 is 0. The van der Waals surface area contributed by atoms with Crippen molar-refractivity contribution in [1.29, 1.82) is 0 Å². The maximum Gasteiger partial charge on any atom is 0.266 e. The first-order valence-electron chi connectivity index (χ1n) is 10.6. The second kappa shape index (κ2) is 6.73. The molecule has 182 valence electrons. The van der Waals surface area contributed by atoms with Crippen molar-refractivity contribution in [2.24, 2.45) is 0 Å². The molecule has 13 heteroatoms. The summed E-state index contributed by atoms with van der Waals surface area (Å²) in [7, 11) is 5.98. The van der Waals surface area contributed by atoms with Gasteiger partial charge in [0.05, 0.1) is 39.6 Å². The number of hydrogen-bond donors (Lipinski definition) is 10. The first kappa shape index (κ1) is 21.9. The van der Waals surface area contributed by atoms with E-state index in [9.17, 15) is 50.8 Å². The zero-order valence-electron chi connectivity index (χ0n) is 18.0. The summed E-state index contributed by atoms with van der Waals surface area (Å²) in [6, 6.07) is 0. The summed E-state index contributed by atoms with van der Waals surface area (Å²) in [5.41, 5.74) is -1.90. The predicted octanol–water partition coefficient (Wildman–Crippen LogP) is 1.40. The largest absolute Gasteiger partial charge is 0.505 e. The maximum atomic E-state index is 12.2. The molecule has 10 N–H and O–H groups in total. The second-order valence-electron chi connectivity index (χ2n) is 8.77. The fraction of sp³-hybridized carbons (Fsp3) is 0.174. The molecule has 2 aliphatic heterocycles. The van der Waals surface area contributed by atoms with Crippen molar-refractivity contribution < 1.29 is 50.7 Å². The molecule has 2 atom stereocenters. The van der Waals surface area contributed by atoms with E-state index in [4.69, 9.17) is 12.6 Å². The number of ether oxygens (including phenoxy) is 1. The van der Waals surface area contributed by atoms with Gasteiger partial charge in [-0.25, -0.2) is 0 Å². The SMILES string of the molecule is [B]c1c(O)c(O)c(O)c(O)c1-c1[nH]c2c(c(O)c(O)c3c(O)c(=O)c(O)c(O)c32)c2c1C1CCC2O1. The third kappa shape index (κ3) is 2.34. The van der Waals surface area contributed by atoms with Crippen LogP contribution in [-0.2, 0) is 4.74 Å². The van der Waals surface area contributed by atoms with Crippen molar-refractivity contribution in [1.82, 2.24) is 4.98 Å². The molecule has 2 bridgehead atoms. The number of aromatic amines is 1. The van der Waals surface area contributed by atoms with Gasteiger partial charge in [-0.15, -0.1) is 0 Å². The Kier molecular flexibility index (Phi) is 4.08. The Morgan fingerprint density at radius 1 is 0.639 bits per heavy atom. The molecule has 2 radical (unpaired) electrons. The molecular weight excluding hydrogens is 477 g/mol. The fourth-order valence-electron chi connectivity index (χ4n) is 5.39. The zero-order chi connectivity index (χ0) is 26.0. The Morgan fingerprint density at radius 3 is 1.86 bits per heavy atom. The Bertz CT molecular complexity index is 1730. The van der Waals surface area contributed by atoms with Crippen LogP contribution in [0.4, 0.5) is 0 Å². The lowest BCUT2D eigenvalue weighted by molar-refractivity contribution is 0.0721. The van der Waals surface area contributed by atoms with Crippen molar-refractivity contribution in [3.63, 3.8) is 0 Å². The van der Waals surface area contributed by atoms with Gasteiger partial charge in [0.15, 0.2) is 34.5 Å². The average Bonchev–Trinajstić information content (AvgIpc) is 3.48. The van der Waals surface area contributed by atoms with Crippen molar-refractivity contribution in [2.45, 2.75) is 25.0 Å². The van der Waals surface area contributed by atoms with Crippen LogP contribution in [0.3, 0.4) is 0 Å². The molecule has 2 unspecified atom stereocenters. The molecule has 1 saturated heterocycles. The van der Waals surface area contributed by atoms with Gasteiger partial charge in [0.2, 0.25) is 17.2 Å². The molecular formula is C23H16BNO11. The zero-order valence-corrected chi connectivity index (χ0v) is 18.0. The number of rotatable bonds is 1. The summed E-state index contributed by atoms with van der Waals surface area (Å²) in [5.74, 6) is -9.06. The minimum absolute atomic E-state index is 0.0544. The molecule has 12 nitrogen and oxygen atoms in total. The van der Waals surface area contributed by atoms with Gasteiger partial charge in [0, 0.05) is 16.7 Å². The van der Waals surface area contributed by atoms with E-state index in [1.165, 1.54) is 0 Å². The summed E-state index contributed by atoms with van der Waals surface area (Å²) in [6.45, 7) is 0. The molecule has 6 rings (SSSR count). The minimum Gasteiger partial charge on any atom is -0.505 e. The number of H-pyrrole nitrogens is 1. The Hall–Kier alpha value is -4.65. The van der Waals surface area contributed by atoms with Gasteiger partial charge in [-0.05, 0) is 18.3 Å². The fourth-order valence-corrected chi connectivity index (χ4v) is 5.39. The lowest BCUT2D eigenvalue weighted by Gasteiger charge is -2.23. The molecule has 0 aliphatic carbocycles. The number of aromatic hydroxyl groups is 9. The highest BCUT2D eigenvalue weighted by Gasteiger charge is 2.44. The van der Waals surface area contributed by atoms with Crippen LogP contribution in [0.25, 0.3) is 32.9 Å². The van der Waals surface area contributed by atoms with Crippen LogP contribution in [-0.4, -0.2) is 58.8 Å². The highest BCUT2D eigenvalue weighted by molar-refractivity contribution is 6.39. The Balaban J connectivity index is 1.92. The van der Waals surface area contributed by atoms with Gasteiger partial charge in [0.1, 0.15) is 7.85 Å². The highest BCUT2D eigenvalue weighted by Crippen LogP contribution is 2.60. The number of fused-ring (bicyclic) bond motifs is 9. The molecule has 0 amide bonds.